The molecular weight excluding hydrogens is 530 g/mol. The van der Waals surface area contributed by atoms with E-state index in [1.54, 1.807) is 30.4 Å². The first kappa shape index (κ1) is 26.2. The first-order chi connectivity index (χ1) is 19.5. The van der Waals surface area contributed by atoms with Gasteiger partial charge in [0, 0.05) is 24.4 Å². The number of aryl methyl sites for hydroxylation is 1. The van der Waals surface area contributed by atoms with Gasteiger partial charge in [-0.1, -0.05) is 24.3 Å². The highest BCUT2D eigenvalue weighted by molar-refractivity contribution is 6.30. The second kappa shape index (κ2) is 8.76. The normalized spacial score (nSPS) is 25.7. The number of aliphatic hydroxyl groups excluding tert-OH is 2. The van der Waals surface area contributed by atoms with E-state index in [9.17, 15) is 39.3 Å². The van der Waals surface area contributed by atoms with Crippen LogP contribution in [-0.2, 0) is 42.8 Å². The van der Waals surface area contributed by atoms with Gasteiger partial charge in [0.05, 0.1) is 35.5 Å². The Labute approximate surface area is 232 Å². The monoisotopic (exact) mass is 555 g/mol. The Morgan fingerprint density at radius 3 is 2.27 bits per heavy atom. The van der Waals surface area contributed by atoms with Gasteiger partial charge in [-0.25, -0.2) is 0 Å². The van der Waals surface area contributed by atoms with E-state index in [1.807, 2.05) is 13.0 Å². The Bertz CT molecular complexity index is 1880. The molecule has 1 saturated carbocycles. The molecule has 0 bridgehead atoms. The molecule has 10 heteroatoms. The van der Waals surface area contributed by atoms with Gasteiger partial charge in [0.1, 0.15) is 22.7 Å². The molecule has 0 radical (unpaired) electrons. The number of hydrogen-bond donors (Lipinski definition) is 3. The van der Waals surface area contributed by atoms with Crippen molar-refractivity contribution < 1.29 is 39.2 Å². The summed E-state index contributed by atoms with van der Waals surface area (Å²) < 4.78 is 6.27. The number of hydrogen-bond acceptors (Lipinski definition) is 9. The van der Waals surface area contributed by atoms with Crippen LogP contribution in [0.2, 0.25) is 0 Å². The number of Topliss-reactive ketones (excluding diaryl/α,β-unsaturated/α-hetero) is 3. The number of ether oxygens (including phenoxy) is 1. The van der Waals surface area contributed by atoms with Crippen molar-refractivity contribution >= 4 is 40.0 Å². The molecule has 3 atom stereocenters. The number of ketones is 4. The number of carbonyl (C=O) groups is 4. The number of pyridine rings is 1. The summed E-state index contributed by atoms with van der Waals surface area (Å²) in [7, 11) is 2.69. The van der Waals surface area contributed by atoms with Crippen LogP contribution in [-0.4, -0.2) is 50.1 Å². The summed E-state index contributed by atoms with van der Waals surface area (Å²) in [5.41, 5.74) is -2.69. The molecule has 1 heterocycles. The minimum absolute atomic E-state index is 0.0457. The number of carbonyl (C=O) groups excluding carboxylic acids is 4. The average Bonchev–Trinajstić information content (AvgIpc) is 3.43. The van der Waals surface area contributed by atoms with Crippen LogP contribution in [0.5, 0.6) is 5.75 Å². The second-order valence-electron chi connectivity index (χ2n) is 10.6. The summed E-state index contributed by atoms with van der Waals surface area (Å²) in [4.78, 5) is 67.5. The first-order valence-electron chi connectivity index (χ1n) is 13.0. The molecule has 41 heavy (non-hydrogen) atoms. The first-order valence-corrected chi connectivity index (χ1v) is 13.0. The van der Waals surface area contributed by atoms with E-state index >= 15 is 0 Å². The number of aromatic hydroxyl groups is 1. The number of aliphatic hydroxyl groups is 2. The van der Waals surface area contributed by atoms with Crippen molar-refractivity contribution in [1.82, 2.24) is 4.57 Å². The molecule has 1 fully saturated rings. The Morgan fingerprint density at radius 1 is 0.976 bits per heavy atom. The van der Waals surface area contributed by atoms with Crippen LogP contribution >= 0.6 is 0 Å². The third-order valence-corrected chi connectivity index (χ3v) is 8.66. The Balaban J connectivity index is 1.57. The lowest BCUT2D eigenvalue weighted by Crippen LogP contribution is -2.37. The lowest BCUT2D eigenvalue weighted by Gasteiger charge is -2.28. The Hall–Kier alpha value is -4.99. The van der Waals surface area contributed by atoms with E-state index in [-0.39, 0.29) is 29.6 Å². The topological polar surface area (TPSA) is 160 Å². The Kier molecular flexibility index (Phi) is 5.60. The van der Waals surface area contributed by atoms with E-state index in [1.165, 1.54) is 11.6 Å². The maximum atomic E-state index is 14.1. The molecule has 10 nitrogen and oxygen atoms in total. The van der Waals surface area contributed by atoms with E-state index < -0.39 is 74.4 Å². The fourth-order valence-corrected chi connectivity index (χ4v) is 6.76. The minimum Gasteiger partial charge on any atom is -0.511 e. The van der Waals surface area contributed by atoms with Crippen molar-refractivity contribution in [3.8, 4) is 5.75 Å². The molecule has 0 saturated heterocycles. The number of allylic oxidation sites excluding steroid dienone is 8. The van der Waals surface area contributed by atoms with Gasteiger partial charge in [-0.3, -0.25) is 24.0 Å². The maximum Gasteiger partial charge on any atom is 0.262 e. The van der Waals surface area contributed by atoms with Crippen LogP contribution in [0.1, 0.15) is 30.2 Å². The third kappa shape index (κ3) is 3.15. The van der Waals surface area contributed by atoms with Gasteiger partial charge < -0.3 is 24.6 Å². The molecular formula is C31H25NO9. The summed E-state index contributed by atoms with van der Waals surface area (Å²) in [5, 5.41) is 34.2. The van der Waals surface area contributed by atoms with Gasteiger partial charge in [0.15, 0.2) is 23.1 Å². The SMILES string of the molecule is C/C=C/C=C/c1cc2cc3c(c(O)c2c(=O)n1C)C1(CC3)C(=O)C2C(O)=C3C(=O)C=C(OC)C(=O)C3=C(O)C2C1=O. The third-order valence-electron chi connectivity index (χ3n) is 8.66. The van der Waals surface area contributed by atoms with Crippen LogP contribution in [0.3, 0.4) is 0 Å². The molecule has 1 aromatic heterocycles. The van der Waals surface area contributed by atoms with E-state index in [0.717, 1.165) is 13.2 Å². The molecule has 4 aliphatic carbocycles. The summed E-state index contributed by atoms with van der Waals surface area (Å²) in [6, 6.07) is 3.38. The van der Waals surface area contributed by atoms with Crippen LogP contribution in [0.4, 0.5) is 0 Å². The zero-order valence-corrected chi connectivity index (χ0v) is 22.3. The van der Waals surface area contributed by atoms with Gasteiger partial charge in [-0.2, -0.15) is 0 Å². The van der Waals surface area contributed by atoms with Crippen molar-refractivity contribution in [3.63, 3.8) is 0 Å². The van der Waals surface area contributed by atoms with Gasteiger partial charge in [-0.15, -0.1) is 0 Å². The van der Waals surface area contributed by atoms with Crippen molar-refractivity contribution in [1.29, 1.82) is 0 Å². The van der Waals surface area contributed by atoms with E-state index in [2.05, 4.69) is 0 Å². The highest BCUT2D eigenvalue weighted by Crippen LogP contribution is 2.58. The standard InChI is InChI=1S/C31H25NO9/c1-4-5-6-7-15-11-14-10-13-8-9-31(23(13)27(37)18(14)30(40)32(15)2)28(38)21-22(29(31)39)26(36)20-19(25(21)35)16(33)12-17(41-3)24(20)34/h4-7,10-12,21-22,35-37H,8-9H2,1-3H3/b5-4+,7-6+. The maximum absolute atomic E-state index is 14.1. The molecule has 1 spiro atoms. The lowest BCUT2D eigenvalue weighted by molar-refractivity contribution is -0.130. The molecule has 3 N–H and O–H groups in total. The highest BCUT2D eigenvalue weighted by Gasteiger charge is 2.68. The molecule has 1 aromatic carbocycles. The zero-order valence-electron chi connectivity index (χ0n) is 22.3. The molecule has 4 aliphatic rings. The molecule has 0 aliphatic heterocycles. The number of fused-ring (bicyclic) bond motifs is 5. The average molecular weight is 556 g/mol. The number of rotatable bonds is 3. The molecule has 3 unspecified atom stereocenters. The summed E-state index contributed by atoms with van der Waals surface area (Å²) >= 11 is 0. The Morgan fingerprint density at radius 2 is 1.63 bits per heavy atom. The predicted molar refractivity (Wildman–Crippen MR) is 146 cm³/mol. The van der Waals surface area contributed by atoms with E-state index in [4.69, 9.17) is 4.74 Å². The largest absolute Gasteiger partial charge is 0.511 e. The van der Waals surface area contributed by atoms with Crippen molar-refractivity contribution in [2.45, 2.75) is 25.2 Å². The molecule has 2 aromatic rings. The lowest BCUT2D eigenvalue weighted by atomic mass is 9.75. The molecule has 6 rings (SSSR count). The number of aromatic nitrogens is 1. The van der Waals surface area contributed by atoms with Crippen LogP contribution < -0.4 is 5.56 Å². The number of methoxy groups -OCH3 is 1. The molecule has 0 amide bonds. The van der Waals surface area contributed by atoms with Crippen molar-refractivity contribution in [2.24, 2.45) is 18.9 Å². The van der Waals surface area contributed by atoms with Gasteiger partial charge in [0.2, 0.25) is 5.78 Å². The second-order valence-corrected chi connectivity index (χ2v) is 10.6. The van der Waals surface area contributed by atoms with Gasteiger partial charge >= 0.3 is 0 Å². The summed E-state index contributed by atoms with van der Waals surface area (Å²) in [6.45, 7) is 1.85. The van der Waals surface area contributed by atoms with Gasteiger partial charge in [0.25, 0.3) is 5.56 Å². The summed E-state index contributed by atoms with van der Waals surface area (Å²) in [5.74, 6) is -9.20. The predicted octanol–water partition coefficient (Wildman–Crippen LogP) is 2.72. The fourth-order valence-electron chi connectivity index (χ4n) is 6.76. The quantitative estimate of drug-likeness (QED) is 0.382. The number of nitrogens with zero attached hydrogens (tertiary/aromatic N) is 1. The zero-order chi connectivity index (χ0) is 29.5. The molecule has 208 valence electrons. The fraction of sp³-hybridized carbons (Fsp3) is 0.258. The minimum atomic E-state index is -2.00. The van der Waals surface area contributed by atoms with Crippen LogP contribution in [0.25, 0.3) is 16.8 Å². The van der Waals surface area contributed by atoms with Crippen molar-refractivity contribution in [2.75, 3.05) is 7.11 Å². The van der Waals surface area contributed by atoms with E-state index in [0.29, 0.717) is 16.6 Å². The van der Waals surface area contributed by atoms with Crippen LogP contribution in [0, 0.1) is 11.8 Å². The number of phenols is 1. The van der Waals surface area contributed by atoms with Crippen molar-refractivity contribution in [3.05, 3.63) is 92.0 Å². The number of benzene rings is 1. The van der Waals surface area contributed by atoms with Crippen LogP contribution in [0.15, 0.2) is 69.7 Å². The smallest absolute Gasteiger partial charge is 0.262 e. The number of phenolic OH excluding ortho intramolecular Hbond substituents is 1. The highest BCUT2D eigenvalue weighted by atomic mass is 16.5. The summed E-state index contributed by atoms with van der Waals surface area (Å²) in [6.07, 6.45) is 8.09. The van der Waals surface area contributed by atoms with Gasteiger partial charge in [-0.05, 0) is 42.9 Å².